The number of benzene rings is 3. The predicted octanol–water partition coefficient (Wildman–Crippen LogP) is 4.22. The zero-order chi connectivity index (χ0) is 26.1. The number of amides is 2. The first-order valence-corrected chi connectivity index (χ1v) is 11.1. The van der Waals surface area contributed by atoms with E-state index in [1.54, 1.807) is 50.2 Å². The number of nitrogens with zero attached hydrogens (tertiary/aromatic N) is 2. The number of carbonyl (C=O) groups is 2. The first-order chi connectivity index (χ1) is 17.2. The van der Waals surface area contributed by atoms with Crippen molar-refractivity contribution in [3.63, 3.8) is 0 Å². The monoisotopic (exact) mass is 492 g/mol. The van der Waals surface area contributed by atoms with Crippen LogP contribution in [0, 0.1) is 21.8 Å². The second kappa shape index (κ2) is 12.2. The smallest absolute Gasteiger partial charge is 0.269 e. The molecule has 10 heteroatoms. The Kier molecular flexibility index (Phi) is 8.82. The number of halogens is 1. The Morgan fingerprint density at radius 2 is 1.67 bits per heavy atom. The topological polar surface area (TPSA) is 123 Å². The number of ether oxygens (including phenoxy) is 1. The van der Waals surface area contributed by atoms with Crippen LogP contribution >= 0.6 is 0 Å². The Bertz CT molecular complexity index is 1230. The van der Waals surface area contributed by atoms with E-state index in [1.165, 1.54) is 42.6 Å². The molecule has 0 radical (unpaired) electrons. The Hall–Kier alpha value is -4.60. The third-order valence-corrected chi connectivity index (χ3v) is 5.16. The maximum atomic E-state index is 13.1. The van der Waals surface area contributed by atoms with Crippen LogP contribution in [0.5, 0.6) is 5.75 Å². The van der Waals surface area contributed by atoms with Crippen molar-refractivity contribution in [3.05, 3.63) is 105 Å². The van der Waals surface area contributed by atoms with E-state index >= 15 is 0 Å². The van der Waals surface area contributed by atoms with Crippen LogP contribution in [-0.2, 0) is 11.4 Å². The molecule has 1 unspecified atom stereocenters. The molecule has 0 aliphatic rings. The van der Waals surface area contributed by atoms with Crippen LogP contribution in [0.15, 0.2) is 77.9 Å². The summed E-state index contributed by atoms with van der Waals surface area (Å²) in [6.07, 6.45) is 1.46. The average molecular weight is 493 g/mol. The molecular formula is C26H25FN4O5. The van der Waals surface area contributed by atoms with E-state index in [0.29, 0.717) is 11.3 Å². The van der Waals surface area contributed by atoms with Gasteiger partial charge >= 0.3 is 0 Å². The van der Waals surface area contributed by atoms with Gasteiger partial charge in [0.05, 0.1) is 11.1 Å². The molecule has 2 N–H and O–H groups in total. The Balaban J connectivity index is 1.51. The van der Waals surface area contributed by atoms with Crippen LogP contribution in [0.4, 0.5) is 10.1 Å². The van der Waals surface area contributed by atoms with Crippen LogP contribution in [0.25, 0.3) is 0 Å². The average Bonchev–Trinajstić information content (AvgIpc) is 2.87. The van der Waals surface area contributed by atoms with Gasteiger partial charge in [-0.15, -0.1) is 0 Å². The van der Waals surface area contributed by atoms with Gasteiger partial charge in [0.25, 0.3) is 17.5 Å². The van der Waals surface area contributed by atoms with Crippen molar-refractivity contribution in [3.8, 4) is 5.75 Å². The molecule has 0 saturated heterocycles. The summed E-state index contributed by atoms with van der Waals surface area (Å²) in [5, 5.41) is 17.3. The summed E-state index contributed by atoms with van der Waals surface area (Å²) < 4.78 is 18.8. The molecule has 0 saturated carbocycles. The third-order valence-electron chi connectivity index (χ3n) is 5.16. The standard InChI is InChI=1S/C26H25FN4O5/c1-17(2)24(29-25(32)20-7-9-21(27)10-8-20)26(33)30-28-15-18-5-13-23(14-6-18)36-16-19-3-11-22(12-4-19)31(34)35/h3-15,17,24H,16H2,1-2H3,(H,29,32)(H,30,33)/b28-15+. The van der Waals surface area contributed by atoms with Gasteiger partial charge in [0.2, 0.25) is 0 Å². The molecule has 3 rings (SSSR count). The number of rotatable bonds is 10. The van der Waals surface area contributed by atoms with Crippen molar-refractivity contribution >= 4 is 23.7 Å². The summed E-state index contributed by atoms with van der Waals surface area (Å²) in [5.74, 6) is -1.05. The second-order valence-corrected chi connectivity index (χ2v) is 8.22. The van der Waals surface area contributed by atoms with Gasteiger partial charge in [0, 0.05) is 17.7 Å². The minimum absolute atomic E-state index is 0.0180. The van der Waals surface area contributed by atoms with Crippen LogP contribution in [-0.4, -0.2) is 29.0 Å². The molecule has 36 heavy (non-hydrogen) atoms. The van der Waals surface area contributed by atoms with E-state index in [4.69, 9.17) is 4.74 Å². The fraction of sp³-hybridized carbons (Fsp3) is 0.192. The highest BCUT2D eigenvalue weighted by Gasteiger charge is 2.24. The molecule has 0 bridgehead atoms. The summed E-state index contributed by atoms with van der Waals surface area (Å²) in [6.45, 7) is 3.82. The van der Waals surface area contributed by atoms with Gasteiger partial charge in [-0.3, -0.25) is 19.7 Å². The number of hydrazone groups is 1. The van der Waals surface area contributed by atoms with Crippen LogP contribution in [0.2, 0.25) is 0 Å². The fourth-order valence-electron chi connectivity index (χ4n) is 3.13. The summed E-state index contributed by atoms with van der Waals surface area (Å²) in [4.78, 5) is 35.2. The lowest BCUT2D eigenvalue weighted by Gasteiger charge is -2.20. The molecule has 2 amide bonds. The minimum Gasteiger partial charge on any atom is -0.489 e. The Labute approximate surface area is 207 Å². The molecule has 0 aliphatic heterocycles. The lowest BCUT2D eigenvalue weighted by atomic mass is 10.0. The number of carbonyl (C=O) groups excluding carboxylic acids is 2. The highest BCUT2D eigenvalue weighted by molar-refractivity contribution is 5.97. The molecule has 1 atom stereocenters. The fourth-order valence-corrected chi connectivity index (χ4v) is 3.13. The lowest BCUT2D eigenvalue weighted by Crippen LogP contribution is -2.48. The normalized spacial score (nSPS) is 11.8. The largest absolute Gasteiger partial charge is 0.489 e. The third kappa shape index (κ3) is 7.45. The number of nitrogens with one attached hydrogen (secondary N) is 2. The van der Waals surface area contributed by atoms with Crippen molar-refractivity contribution in [2.24, 2.45) is 11.0 Å². The van der Waals surface area contributed by atoms with E-state index in [9.17, 15) is 24.1 Å². The molecule has 186 valence electrons. The summed E-state index contributed by atoms with van der Waals surface area (Å²) in [6, 6.07) is 17.3. The second-order valence-electron chi connectivity index (χ2n) is 8.22. The highest BCUT2D eigenvalue weighted by Crippen LogP contribution is 2.16. The van der Waals surface area contributed by atoms with Crippen molar-refractivity contribution in [2.45, 2.75) is 26.5 Å². The summed E-state index contributed by atoms with van der Waals surface area (Å²) in [7, 11) is 0. The van der Waals surface area contributed by atoms with Crippen LogP contribution in [0.3, 0.4) is 0 Å². The minimum atomic E-state index is -0.838. The molecule has 9 nitrogen and oxygen atoms in total. The first kappa shape index (κ1) is 26.0. The zero-order valence-electron chi connectivity index (χ0n) is 19.7. The van der Waals surface area contributed by atoms with Gasteiger partial charge in [0.15, 0.2) is 0 Å². The van der Waals surface area contributed by atoms with Crippen molar-refractivity contribution < 1.29 is 23.6 Å². The van der Waals surface area contributed by atoms with Gasteiger partial charge < -0.3 is 10.1 Å². The van der Waals surface area contributed by atoms with Crippen molar-refractivity contribution in [2.75, 3.05) is 0 Å². The maximum Gasteiger partial charge on any atom is 0.269 e. The van der Waals surface area contributed by atoms with E-state index in [0.717, 1.165) is 5.56 Å². The van der Waals surface area contributed by atoms with Gasteiger partial charge in [-0.2, -0.15) is 5.10 Å². The van der Waals surface area contributed by atoms with E-state index in [2.05, 4.69) is 15.8 Å². The van der Waals surface area contributed by atoms with Crippen LogP contribution in [0.1, 0.15) is 35.3 Å². The van der Waals surface area contributed by atoms with Crippen LogP contribution < -0.4 is 15.5 Å². The molecule has 0 aromatic heterocycles. The molecule has 0 heterocycles. The summed E-state index contributed by atoms with van der Waals surface area (Å²) >= 11 is 0. The zero-order valence-corrected chi connectivity index (χ0v) is 19.7. The molecule has 0 aliphatic carbocycles. The van der Waals surface area contributed by atoms with Gasteiger partial charge in [-0.05, 0) is 77.7 Å². The highest BCUT2D eigenvalue weighted by atomic mass is 19.1. The molecular weight excluding hydrogens is 467 g/mol. The number of nitro groups is 1. The number of non-ortho nitro benzene ring substituents is 1. The Morgan fingerprint density at radius 1 is 1.03 bits per heavy atom. The SMILES string of the molecule is CC(C)C(NC(=O)c1ccc(F)cc1)C(=O)N/N=C/c1ccc(OCc2ccc([N+](=O)[O-])cc2)cc1. The molecule has 0 spiro atoms. The predicted molar refractivity (Wildman–Crippen MR) is 132 cm³/mol. The number of nitro benzene ring substituents is 1. The van der Waals surface area contributed by atoms with Crippen molar-refractivity contribution in [1.29, 1.82) is 0 Å². The molecule has 0 fully saturated rings. The molecule has 3 aromatic carbocycles. The van der Waals surface area contributed by atoms with E-state index < -0.39 is 28.6 Å². The first-order valence-electron chi connectivity index (χ1n) is 11.1. The quantitative estimate of drug-likeness (QED) is 0.249. The van der Waals surface area contributed by atoms with Gasteiger partial charge in [-0.1, -0.05) is 13.8 Å². The lowest BCUT2D eigenvalue weighted by molar-refractivity contribution is -0.384. The number of hydrogen-bond acceptors (Lipinski definition) is 6. The summed E-state index contributed by atoms with van der Waals surface area (Å²) in [5.41, 5.74) is 4.19. The van der Waals surface area contributed by atoms with E-state index in [1.807, 2.05) is 0 Å². The van der Waals surface area contributed by atoms with Crippen molar-refractivity contribution in [1.82, 2.24) is 10.7 Å². The molecule has 3 aromatic rings. The number of hydrogen-bond donors (Lipinski definition) is 2. The van der Waals surface area contributed by atoms with E-state index in [-0.39, 0.29) is 23.8 Å². The van der Waals surface area contributed by atoms with Gasteiger partial charge in [0.1, 0.15) is 24.2 Å². The maximum absolute atomic E-state index is 13.1. The Morgan fingerprint density at radius 3 is 2.25 bits per heavy atom. The van der Waals surface area contributed by atoms with Gasteiger partial charge in [-0.25, -0.2) is 9.82 Å².